The fourth-order valence-corrected chi connectivity index (χ4v) is 2.31. The second-order valence-electron chi connectivity index (χ2n) is 4.24. The summed E-state index contributed by atoms with van der Waals surface area (Å²) in [6.45, 7) is 1.14. The molecule has 0 amide bonds. The first kappa shape index (κ1) is 9.60. The van der Waals surface area contributed by atoms with Crippen molar-refractivity contribution in [3.63, 3.8) is 0 Å². The van der Waals surface area contributed by atoms with Gasteiger partial charge in [0.1, 0.15) is 0 Å². The highest BCUT2D eigenvalue weighted by atomic mass is 15.1. The van der Waals surface area contributed by atoms with Gasteiger partial charge in [0.2, 0.25) is 0 Å². The van der Waals surface area contributed by atoms with E-state index < -0.39 is 0 Å². The molecule has 16 heavy (non-hydrogen) atoms. The van der Waals surface area contributed by atoms with E-state index in [1.807, 2.05) is 6.07 Å². The van der Waals surface area contributed by atoms with E-state index in [0.29, 0.717) is 6.04 Å². The van der Waals surface area contributed by atoms with Crippen molar-refractivity contribution in [3.05, 3.63) is 42.1 Å². The van der Waals surface area contributed by atoms with Crippen molar-refractivity contribution in [2.24, 2.45) is 0 Å². The molecule has 2 aromatic rings. The maximum Gasteiger partial charge on any atom is 0.0650 e. The van der Waals surface area contributed by atoms with Gasteiger partial charge in [-0.2, -0.15) is 5.10 Å². The van der Waals surface area contributed by atoms with Crippen LogP contribution in [0.3, 0.4) is 0 Å². The zero-order valence-corrected chi connectivity index (χ0v) is 9.11. The Kier molecular flexibility index (Phi) is 2.46. The number of rotatable bonds is 2. The van der Waals surface area contributed by atoms with Crippen molar-refractivity contribution in [1.29, 1.82) is 0 Å². The summed E-state index contributed by atoms with van der Waals surface area (Å²) in [4.78, 5) is 0. The van der Waals surface area contributed by atoms with Gasteiger partial charge in [-0.15, -0.1) is 0 Å². The fourth-order valence-electron chi connectivity index (χ4n) is 2.31. The van der Waals surface area contributed by atoms with Crippen molar-refractivity contribution >= 4 is 0 Å². The van der Waals surface area contributed by atoms with E-state index in [1.54, 1.807) is 6.20 Å². The predicted octanol–water partition coefficient (Wildman–Crippen LogP) is 2.50. The van der Waals surface area contributed by atoms with Crippen molar-refractivity contribution in [2.75, 3.05) is 6.54 Å². The first-order valence-electron chi connectivity index (χ1n) is 5.76. The summed E-state index contributed by atoms with van der Waals surface area (Å²) in [7, 11) is 0. The van der Waals surface area contributed by atoms with Crippen LogP contribution in [0.5, 0.6) is 0 Å². The Labute approximate surface area is 94.9 Å². The van der Waals surface area contributed by atoms with Gasteiger partial charge < -0.3 is 5.32 Å². The Morgan fingerprint density at radius 3 is 3.00 bits per heavy atom. The third-order valence-electron chi connectivity index (χ3n) is 3.16. The lowest BCUT2D eigenvalue weighted by Gasteiger charge is -2.11. The van der Waals surface area contributed by atoms with Gasteiger partial charge in [0, 0.05) is 12.2 Å². The smallest absolute Gasteiger partial charge is 0.0650 e. The molecule has 0 spiro atoms. The van der Waals surface area contributed by atoms with Crippen LogP contribution in [0.4, 0.5) is 0 Å². The highest BCUT2D eigenvalue weighted by molar-refractivity contribution is 5.59. The van der Waals surface area contributed by atoms with E-state index in [0.717, 1.165) is 12.2 Å². The Bertz CT molecular complexity index is 456. The maximum atomic E-state index is 3.99. The molecule has 1 aliphatic heterocycles. The summed E-state index contributed by atoms with van der Waals surface area (Å²) in [5, 5.41) is 10.5. The van der Waals surface area contributed by atoms with Crippen molar-refractivity contribution in [3.8, 4) is 11.3 Å². The van der Waals surface area contributed by atoms with Crippen molar-refractivity contribution < 1.29 is 0 Å². The molecular formula is C13H15N3. The van der Waals surface area contributed by atoms with Gasteiger partial charge in [-0.05, 0) is 42.6 Å². The summed E-state index contributed by atoms with van der Waals surface area (Å²) in [6, 6.07) is 11.2. The zero-order chi connectivity index (χ0) is 10.8. The number of nitrogens with one attached hydrogen (secondary N) is 2. The molecule has 1 fully saturated rings. The Morgan fingerprint density at radius 2 is 2.25 bits per heavy atom. The molecule has 1 aromatic carbocycles. The van der Waals surface area contributed by atoms with Crippen LogP contribution >= 0.6 is 0 Å². The van der Waals surface area contributed by atoms with E-state index >= 15 is 0 Å². The molecule has 1 atom stereocenters. The molecule has 1 aliphatic rings. The van der Waals surface area contributed by atoms with Crippen LogP contribution < -0.4 is 5.32 Å². The van der Waals surface area contributed by atoms with Gasteiger partial charge in [0.25, 0.3) is 0 Å². The molecule has 0 aliphatic carbocycles. The number of H-pyrrole nitrogens is 1. The first-order valence-corrected chi connectivity index (χ1v) is 5.76. The van der Waals surface area contributed by atoms with Gasteiger partial charge in [0.15, 0.2) is 0 Å². The minimum absolute atomic E-state index is 0.530. The van der Waals surface area contributed by atoms with E-state index in [-0.39, 0.29) is 0 Å². The first-order chi connectivity index (χ1) is 7.93. The van der Waals surface area contributed by atoms with Gasteiger partial charge in [0.05, 0.1) is 5.69 Å². The van der Waals surface area contributed by atoms with Crippen LogP contribution in [0.2, 0.25) is 0 Å². The lowest BCUT2D eigenvalue weighted by atomic mass is 10.0. The third kappa shape index (κ3) is 1.74. The predicted molar refractivity (Wildman–Crippen MR) is 64.0 cm³/mol. The number of aromatic nitrogens is 2. The lowest BCUT2D eigenvalue weighted by molar-refractivity contribution is 0.648. The largest absolute Gasteiger partial charge is 0.310 e. The van der Waals surface area contributed by atoms with E-state index in [4.69, 9.17) is 0 Å². The van der Waals surface area contributed by atoms with Crippen LogP contribution in [0.25, 0.3) is 11.3 Å². The van der Waals surface area contributed by atoms with E-state index in [1.165, 1.54) is 24.0 Å². The molecule has 2 N–H and O–H groups in total. The fraction of sp³-hybridized carbons (Fsp3) is 0.308. The summed E-state index contributed by atoms with van der Waals surface area (Å²) in [5.41, 5.74) is 3.67. The van der Waals surface area contributed by atoms with Crippen LogP contribution in [0.15, 0.2) is 36.5 Å². The number of hydrogen-bond acceptors (Lipinski definition) is 2. The topological polar surface area (TPSA) is 40.7 Å². The van der Waals surface area contributed by atoms with Gasteiger partial charge in [-0.3, -0.25) is 5.10 Å². The molecule has 1 unspecified atom stereocenters. The minimum atomic E-state index is 0.530. The minimum Gasteiger partial charge on any atom is -0.310 e. The highest BCUT2D eigenvalue weighted by Gasteiger charge is 2.16. The molecular weight excluding hydrogens is 198 g/mol. The molecule has 2 heterocycles. The average Bonchev–Trinajstić information content (AvgIpc) is 3.03. The van der Waals surface area contributed by atoms with Crippen LogP contribution in [0.1, 0.15) is 24.4 Å². The summed E-state index contributed by atoms with van der Waals surface area (Å²) < 4.78 is 0. The van der Waals surface area contributed by atoms with Crippen LogP contribution in [-0.4, -0.2) is 16.7 Å². The second-order valence-corrected chi connectivity index (χ2v) is 4.24. The van der Waals surface area contributed by atoms with Gasteiger partial charge in [-0.25, -0.2) is 0 Å². The third-order valence-corrected chi connectivity index (χ3v) is 3.16. The molecule has 1 aromatic heterocycles. The molecule has 0 bridgehead atoms. The second kappa shape index (κ2) is 4.10. The quantitative estimate of drug-likeness (QED) is 0.804. The number of hydrogen-bond donors (Lipinski definition) is 2. The average molecular weight is 213 g/mol. The molecule has 1 saturated heterocycles. The molecule has 3 heteroatoms. The lowest BCUT2D eigenvalue weighted by Crippen LogP contribution is -2.12. The maximum absolute atomic E-state index is 3.99. The normalized spacial score (nSPS) is 20.1. The van der Waals surface area contributed by atoms with Gasteiger partial charge >= 0.3 is 0 Å². The Hall–Kier alpha value is -1.61. The summed E-state index contributed by atoms with van der Waals surface area (Å²) in [6.07, 6.45) is 4.31. The molecule has 0 radical (unpaired) electrons. The van der Waals surface area contributed by atoms with Crippen LogP contribution in [0, 0.1) is 0 Å². The Morgan fingerprint density at radius 1 is 1.25 bits per heavy atom. The summed E-state index contributed by atoms with van der Waals surface area (Å²) in [5.74, 6) is 0. The number of aromatic amines is 1. The van der Waals surface area contributed by atoms with Crippen molar-refractivity contribution in [1.82, 2.24) is 15.5 Å². The van der Waals surface area contributed by atoms with Gasteiger partial charge in [-0.1, -0.05) is 18.2 Å². The van der Waals surface area contributed by atoms with Crippen molar-refractivity contribution in [2.45, 2.75) is 18.9 Å². The van der Waals surface area contributed by atoms with E-state index in [2.05, 4.69) is 39.8 Å². The summed E-state index contributed by atoms with van der Waals surface area (Å²) >= 11 is 0. The number of benzene rings is 1. The standard InChI is InChI=1S/C13H15N3/c1-3-10(12-5-2-7-14-12)9-11(4-1)13-6-8-15-16-13/h1,3-4,6,8-9,12,14H,2,5,7H2,(H,15,16). The SMILES string of the molecule is c1cc(-c2ccn[nH]2)cc(C2CCCN2)c1. The zero-order valence-electron chi connectivity index (χ0n) is 9.11. The Balaban J connectivity index is 1.93. The molecule has 3 nitrogen and oxygen atoms in total. The molecule has 3 rings (SSSR count). The molecule has 82 valence electrons. The highest BCUT2D eigenvalue weighted by Crippen LogP contribution is 2.26. The van der Waals surface area contributed by atoms with E-state index in [9.17, 15) is 0 Å². The molecule has 0 saturated carbocycles. The van der Waals surface area contributed by atoms with Crippen LogP contribution in [-0.2, 0) is 0 Å². The number of nitrogens with zero attached hydrogens (tertiary/aromatic N) is 1. The monoisotopic (exact) mass is 213 g/mol.